The standard InChI is InChI=1S/C27H24ClFN4O7/c1-16(27(34)35)39-9-10-40-25-12-20-23(13-24(25)38-2)30-15-31-26(20)32(19-7-8-22(29)21(28)11-19)14-17-3-5-18(6-4-17)33(36)37/h3-8,11-13,15-16H,9-10,14H2,1-2H3,(H,34,35). The lowest BCUT2D eigenvalue weighted by molar-refractivity contribution is -0.384. The number of nitro benzene ring substituents is 1. The highest BCUT2D eigenvalue weighted by Gasteiger charge is 2.20. The zero-order valence-electron chi connectivity index (χ0n) is 21.4. The van der Waals surface area contributed by atoms with Crippen molar-refractivity contribution in [1.29, 1.82) is 0 Å². The van der Waals surface area contributed by atoms with E-state index in [9.17, 15) is 19.3 Å². The molecule has 0 amide bonds. The van der Waals surface area contributed by atoms with Crippen molar-refractivity contribution in [1.82, 2.24) is 9.97 Å². The fraction of sp³-hybridized carbons (Fsp3) is 0.222. The number of rotatable bonds is 12. The molecule has 1 heterocycles. The fourth-order valence-corrected chi connectivity index (χ4v) is 4.01. The SMILES string of the molecule is COc1cc2ncnc(N(Cc3ccc([N+](=O)[O-])cc3)c3ccc(F)c(Cl)c3)c2cc1OCCOC(C)C(=O)O. The number of hydrogen-bond donors (Lipinski definition) is 1. The molecule has 1 unspecified atom stereocenters. The number of methoxy groups -OCH3 is 1. The molecule has 0 fully saturated rings. The Labute approximate surface area is 232 Å². The van der Waals surface area contributed by atoms with Gasteiger partial charge in [0.15, 0.2) is 17.6 Å². The number of fused-ring (bicyclic) bond motifs is 1. The number of nitro groups is 1. The van der Waals surface area contributed by atoms with Crippen molar-refractivity contribution in [3.63, 3.8) is 0 Å². The molecule has 0 saturated heterocycles. The van der Waals surface area contributed by atoms with Crippen LogP contribution in [-0.4, -0.2) is 52.4 Å². The second-order valence-corrected chi connectivity index (χ2v) is 8.93. The number of aliphatic carboxylic acids is 1. The number of non-ortho nitro benzene ring substituents is 1. The normalized spacial score (nSPS) is 11.7. The van der Waals surface area contributed by atoms with Gasteiger partial charge in [-0.1, -0.05) is 23.7 Å². The lowest BCUT2D eigenvalue weighted by Gasteiger charge is -2.26. The Bertz CT molecular complexity index is 1540. The van der Waals surface area contributed by atoms with Crippen molar-refractivity contribution in [3.8, 4) is 11.5 Å². The first-order valence-electron chi connectivity index (χ1n) is 11.9. The second-order valence-electron chi connectivity index (χ2n) is 8.53. The van der Waals surface area contributed by atoms with Crippen LogP contribution in [0, 0.1) is 15.9 Å². The average molecular weight is 571 g/mol. The predicted octanol–water partition coefficient (Wildman–Crippen LogP) is 5.55. The predicted molar refractivity (Wildman–Crippen MR) is 145 cm³/mol. The molecule has 0 aliphatic heterocycles. The summed E-state index contributed by atoms with van der Waals surface area (Å²) >= 11 is 6.11. The highest BCUT2D eigenvalue weighted by molar-refractivity contribution is 6.31. The molecule has 1 atom stereocenters. The smallest absolute Gasteiger partial charge is 0.332 e. The molecule has 0 radical (unpaired) electrons. The molecule has 4 rings (SSSR count). The average Bonchev–Trinajstić information content (AvgIpc) is 2.95. The molecule has 11 nitrogen and oxygen atoms in total. The quantitative estimate of drug-likeness (QED) is 0.131. The van der Waals surface area contributed by atoms with Gasteiger partial charge in [-0.3, -0.25) is 10.1 Å². The number of hydrogen-bond acceptors (Lipinski definition) is 9. The van der Waals surface area contributed by atoms with Gasteiger partial charge in [-0.05, 0) is 36.8 Å². The van der Waals surface area contributed by atoms with Crippen LogP contribution in [0.3, 0.4) is 0 Å². The van der Waals surface area contributed by atoms with Crippen LogP contribution in [0.5, 0.6) is 11.5 Å². The van der Waals surface area contributed by atoms with Crippen LogP contribution in [0.1, 0.15) is 12.5 Å². The zero-order valence-corrected chi connectivity index (χ0v) is 22.2. The van der Waals surface area contributed by atoms with Gasteiger partial charge in [0.1, 0.15) is 24.6 Å². The minimum atomic E-state index is -1.08. The van der Waals surface area contributed by atoms with Crippen LogP contribution in [0.25, 0.3) is 10.9 Å². The maximum atomic E-state index is 14.0. The fourth-order valence-electron chi connectivity index (χ4n) is 3.83. The van der Waals surface area contributed by atoms with Crippen LogP contribution < -0.4 is 14.4 Å². The topological polar surface area (TPSA) is 137 Å². The lowest BCUT2D eigenvalue weighted by Crippen LogP contribution is -2.22. The van der Waals surface area contributed by atoms with E-state index >= 15 is 0 Å². The summed E-state index contributed by atoms with van der Waals surface area (Å²) in [6.45, 7) is 1.69. The number of nitrogens with zero attached hydrogens (tertiary/aromatic N) is 4. The summed E-state index contributed by atoms with van der Waals surface area (Å²) in [5.74, 6) is -0.526. The van der Waals surface area contributed by atoms with Crippen molar-refractivity contribution in [2.75, 3.05) is 25.2 Å². The van der Waals surface area contributed by atoms with Crippen molar-refractivity contribution >= 4 is 45.7 Å². The molecule has 4 aromatic rings. The van der Waals surface area contributed by atoms with Gasteiger partial charge in [-0.25, -0.2) is 19.2 Å². The molecular weight excluding hydrogens is 547 g/mol. The van der Waals surface area contributed by atoms with Gasteiger partial charge < -0.3 is 24.2 Å². The van der Waals surface area contributed by atoms with Crippen molar-refractivity contribution in [3.05, 3.63) is 87.4 Å². The maximum Gasteiger partial charge on any atom is 0.332 e. The Morgan fingerprint density at radius 2 is 1.88 bits per heavy atom. The third kappa shape index (κ3) is 6.53. The zero-order chi connectivity index (χ0) is 28.8. The number of carboxylic acid groups (broad SMARTS) is 1. The molecule has 1 aromatic heterocycles. The van der Waals surface area contributed by atoms with Crippen molar-refractivity contribution < 1.29 is 33.4 Å². The lowest BCUT2D eigenvalue weighted by atomic mass is 10.1. The van der Waals surface area contributed by atoms with Gasteiger partial charge in [-0.2, -0.15) is 0 Å². The van der Waals surface area contributed by atoms with Gasteiger partial charge in [-0.15, -0.1) is 0 Å². The summed E-state index contributed by atoms with van der Waals surface area (Å²) in [6.07, 6.45) is 0.379. The molecule has 13 heteroatoms. The Hall–Kier alpha value is -4.55. The summed E-state index contributed by atoms with van der Waals surface area (Å²) < 4.78 is 30.6. The van der Waals surface area contributed by atoms with Gasteiger partial charge >= 0.3 is 5.97 Å². The number of carbonyl (C=O) groups is 1. The molecule has 0 aliphatic rings. The third-order valence-corrected chi connectivity index (χ3v) is 6.20. The first kappa shape index (κ1) is 28.5. The van der Waals surface area contributed by atoms with E-state index in [2.05, 4.69) is 9.97 Å². The van der Waals surface area contributed by atoms with E-state index < -0.39 is 22.8 Å². The van der Waals surface area contributed by atoms with Gasteiger partial charge in [0.25, 0.3) is 5.69 Å². The molecule has 208 valence electrons. The van der Waals surface area contributed by atoms with E-state index in [1.54, 1.807) is 35.2 Å². The minimum Gasteiger partial charge on any atom is -0.493 e. The van der Waals surface area contributed by atoms with Crippen LogP contribution in [-0.2, 0) is 16.1 Å². The molecule has 0 aliphatic carbocycles. The Morgan fingerprint density at radius 3 is 2.52 bits per heavy atom. The molecule has 40 heavy (non-hydrogen) atoms. The Balaban J connectivity index is 1.75. The molecule has 3 aromatic carbocycles. The molecule has 0 spiro atoms. The van der Waals surface area contributed by atoms with Crippen LogP contribution >= 0.6 is 11.6 Å². The van der Waals surface area contributed by atoms with Crippen molar-refractivity contribution in [2.45, 2.75) is 19.6 Å². The Kier molecular flexibility index (Phi) is 8.92. The maximum absolute atomic E-state index is 14.0. The van der Waals surface area contributed by atoms with E-state index in [4.69, 9.17) is 30.9 Å². The van der Waals surface area contributed by atoms with Gasteiger partial charge in [0.2, 0.25) is 0 Å². The van der Waals surface area contributed by atoms with Gasteiger partial charge in [0, 0.05) is 35.8 Å². The number of ether oxygens (including phenoxy) is 3. The summed E-state index contributed by atoms with van der Waals surface area (Å²) in [7, 11) is 1.47. The number of aromatic nitrogens is 2. The number of benzene rings is 3. The molecule has 0 bridgehead atoms. The molecular formula is C27H24ClFN4O7. The Morgan fingerprint density at radius 1 is 1.12 bits per heavy atom. The van der Waals surface area contributed by atoms with E-state index in [-0.39, 0.29) is 30.5 Å². The van der Waals surface area contributed by atoms with E-state index in [0.29, 0.717) is 39.5 Å². The molecule has 1 N–H and O–H groups in total. The highest BCUT2D eigenvalue weighted by Crippen LogP contribution is 2.38. The van der Waals surface area contributed by atoms with E-state index in [0.717, 1.165) is 0 Å². The van der Waals surface area contributed by atoms with Crippen molar-refractivity contribution in [2.24, 2.45) is 0 Å². The van der Waals surface area contributed by atoms with Crippen LogP contribution in [0.15, 0.2) is 60.9 Å². The first-order chi connectivity index (χ1) is 19.2. The summed E-state index contributed by atoms with van der Waals surface area (Å²) in [5, 5.41) is 20.6. The van der Waals surface area contributed by atoms with E-state index in [1.807, 2.05) is 0 Å². The molecule has 0 saturated carbocycles. The first-order valence-corrected chi connectivity index (χ1v) is 12.3. The van der Waals surface area contributed by atoms with Crippen LogP contribution in [0.2, 0.25) is 5.02 Å². The van der Waals surface area contributed by atoms with Crippen LogP contribution in [0.4, 0.5) is 21.6 Å². The largest absolute Gasteiger partial charge is 0.493 e. The number of halogens is 2. The third-order valence-electron chi connectivity index (χ3n) is 5.91. The monoisotopic (exact) mass is 570 g/mol. The van der Waals surface area contributed by atoms with E-state index in [1.165, 1.54) is 44.6 Å². The second kappa shape index (κ2) is 12.5. The number of carboxylic acids is 1. The summed E-state index contributed by atoms with van der Waals surface area (Å²) in [5.41, 5.74) is 1.70. The van der Waals surface area contributed by atoms with Gasteiger partial charge in [0.05, 0.1) is 29.2 Å². The summed E-state index contributed by atoms with van der Waals surface area (Å²) in [6, 6.07) is 13.6. The summed E-state index contributed by atoms with van der Waals surface area (Å²) in [4.78, 5) is 32.2. The minimum absolute atomic E-state index is 0.0210. The number of anilines is 2. The highest BCUT2D eigenvalue weighted by atomic mass is 35.5.